The number of nitrogens with two attached hydrogens (primary N) is 2. The van der Waals surface area contributed by atoms with Gasteiger partial charge >= 0.3 is 18.1 Å². The molecule has 0 spiro atoms. The van der Waals surface area contributed by atoms with Gasteiger partial charge in [-0.05, 0) is 41.4 Å². The van der Waals surface area contributed by atoms with Gasteiger partial charge in [0.25, 0.3) is 0 Å². The number of phenols is 1. The first kappa shape index (κ1) is 31.7. The number of nitrogens with zero attached hydrogens (tertiary/aromatic N) is 1. The summed E-state index contributed by atoms with van der Waals surface area (Å²) in [6.07, 6.45) is -5.68. The fraction of sp³-hybridized carbons (Fsp3) is 0.286. The van der Waals surface area contributed by atoms with Crippen LogP contribution >= 0.6 is 23.2 Å². The number of alkyl halides is 3. The lowest BCUT2D eigenvalue weighted by Gasteiger charge is -2.18. The Balaban J connectivity index is 2.20. The van der Waals surface area contributed by atoms with Crippen molar-refractivity contribution in [3.05, 3.63) is 52.0 Å². The molecule has 0 unspecified atom stereocenters. The van der Waals surface area contributed by atoms with Crippen molar-refractivity contribution in [2.75, 3.05) is 13.2 Å². The maximum absolute atomic E-state index is 12.9. The first-order valence-electron chi connectivity index (χ1n) is 10.6. The van der Waals surface area contributed by atoms with E-state index in [4.69, 9.17) is 44.2 Å². The normalized spacial score (nSPS) is 12.3. The molecule has 2 aromatic rings. The second-order valence-corrected chi connectivity index (χ2v) is 10.0. The third kappa shape index (κ3) is 9.97. The van der Waals surface area contributed by atoms with Gasteiger partial charge in [0.2, 0.25) is 16.0 Å². The standard InChI is InChI=1S/C21H21Cl2F3N4O8S/c22-12-9-14(23)17(31)16(10-12)39(34,35)30-15(18(32)38-19(33)21(24,25)26)8-11-2-4-13(5-3-11)36-6-1-7-37-29-20(27)28/h2-5,9-10,15,30-31H,1,6-8H2,(H4,27,28,29)/t15-/m0/s1. The topological polar surface area (TPSA) is 193 Å². The van der Waals surface area contributed by atoms with Gasteiger partial charge in [-0.1, -0.05) is 35.3 Å². The minimum Gasteiger partial charge on any atom is -0.505 e. The first-order valence-corrected chi connectivity index (χ1v) is 12.8. The second-order valence-electron chi connectivity index (χ2n) is 7.51. The molecule has 0 radical (unpaired) electrons. The molecule has 39 heavy (non-hydrogen) atoms. The summed E-state index contributed by atoms with van der Waals surface area (Å²) in [5.41, 5.74) is 10.4. The van der Waals surface area contributed by atoms with Crippen LogP contribution in [0.4, 0.5) is 13.2 Å². The minimum atomic E-state index is -5.52. The summed E-state index contributed by atoms with van der Waals surface area (Å²) in [5, 5.41) is 12.7. The Labute approximate surface area is 229 Å². The molecular weight excluding hydrogens is 596 g/mol. The molecule has 0 aliphatic rings. The van der Waals surface area contributed by atoms with Gasteiger partial charge in [0.1, 0.15) is 23.3 Å². The van der Waals surface area contributed by atoms with E-state index in [9.17, 15) is 36.3 Å². The van der Waals surface area contributed by atoms with Crippen molar-refractivity contribution in [3.63, 3.8) is 0 Å². The number of benzene rings is 2. The molecule has 12 nitrogen and oxygen atoms in total. The van der Waals surface area contributed by atoms with Crippen LogP contribution in [0.2, 0.25) is 10.0 Å². The van der Waals surface area contributed by atoms with Gasteiger partial charge < -0.3 is 30.9 Å². The Morgan fingerprint density at radius 3 is 2.33 bits per heavy atom. The number of nitrogens with one attached hydrogen (secondary N) is 1. The number of phenolic OH excluding ortho intramolecular Hbond substituents is 1. The predicted octanol–water partition coefficient (Wildman–Crippen LogP) is 2.19. The number of carbonyl (C=O) groups is 2. The fourth-order valence-electron chi connectivity index (χ4n) is 2.78. The number of esters is 2. The lowest BCUT2D eigenvalue weighted by Crippen LogP contribution is -2.45. The highest BCUT2D eigenvalue weighted by Gasteiger charge is 2.44. The molecule has 0 aliphatic heterocycles. The van der Waals surface area contributed by atoms with Crippen molar-refractivity contribution in [2.24, 2.45) is 16.6 Å². The second kappa shape index (κ2) is 13.5. The molecule has 2 rings (SSSR count). The number of sulfonamides is 1. The average molecular weight is 617 g/mol. The van der Waals surface area contributed by atoms with Crippen molar-refractivity contribution in [1.82, 2.24) is 4.72 Å². The maximum Gasteiger partial charge on any atom is 0.491 e. The SMILES string of the molecule is NC(N)=NOCCCOc1ccc(C[C@H](NS(=O)(=O)c2cc(Cl)cc(Cl)c2O)C(=O)OC(=O)C(F)(F)F)cc1. The quantitative estimate of drug-likeness (QED) is 0.0685. The summed E-state index contributed by atoms with van der Waals surface area (Å²) in [6.45, 7) is 0.350. The molecule has 0 saturated heterocycles. The van der Waals surface area contributed by atoms with E-state index in [-0.39, 0.29) is 29.8 Å². The third-order valence-corrected chi connectivity index (χ3v) is 6.46. The van der Waals surface area contributed by atoms with Crippen LogP contribution in [-0.2, 0) is 35.6 Å². The zero-order chi connectivity index (χ0) is 29.4. The summed E-state index contributed by atoms with van der Waals surface area (Å²) in [4.78, 5) is 27.5. The summed E-state index contributed by atoms with van der Waals surface area (Å²) < 4.78 is 74.7. The van der Waals surface area contributed by atoms with Crippen LogP contribution in [0.3, 0.4) is 0 Å². The van der Waals surface area contributed by atoms with Gasteiger partial charge in [0.05, 0.1) is 11.6 Å². The smallest absolute Gasteiger partial charge is 0.491 e. The van der Waals surface area contributed by atoms with E-state index >= 15 is 0 Å². The van der Waals surface area contributed by atoms with Crippen LogP contribution in [0, 0.1) is 0 Å². The van der Waals surface area contributed by atoms with Gasteiger partial charge in [0, 0.05) is 11.4 Å². The van der Waals surface area contributed by atoms with Gasteiger partial charge in [-0.2, -0.15) is 17.9 Å². The minimum absolute atomic E-state index is 0.157. The van der Waals surface area contributed by atoms with E-state index in [1.165, 1.54) is 24.3 Å². The van der Waals surface area contributed by atoms with Crippen LogP contribution in [-0.4, -0.2) is 56.9 Å². The van der Waals surface area contributed by atoms with E-state index in [1.807, 2.05) is 4.72 Å². The maximum atomic E-state index is 12.9. The largest absolute Gasteiger partial charge is 0.505 e. The van der Waals surface area contributed by atoms with Gasteiger partial charge in [-0.3, -0.25) is 0 Å². The van der Waals surface area contributed by atoms with Gasteiger partial charge in [-0.15, -0.1) is 0 Å². The van der Waals surface area contributed by atoms with Gasteiger partial charge in [-0.25, -0.2) is 18.0 Å². The van der Waals surface area contributed by atoms with E-state index in [0.717, 1.165) is 12.1 Å². The summed E-state index contributed by atoms with van der Waals surface area (Å²) in [5.74, 6) is -5.53. The molecule has 0 aromatic heterocycles. The Bertz CT molecular complexity index is 1320. The number of carbonyl (C=O) groups excluding carboxylic acids is 2. The van der Waals surface area contributed by atoms with E-state index in [2.05, 4.69) is 9.89 Å². The van der Waals surface area contributed by atoms with E-state index in [0.29, 0.717) is 12.2 Å². The van der Waals surface area contributed by atoms with Crippen LogP contribution in [0.5, 0.6) is 11.5 Å². The van der Waals surface area contributed by atoms with Crippen LogP contribution in [0.15, 0.2) is 46.4 Å². The molecule has 0 aliphatic carbocycles. The van der Waals surface area contributed by atoms with Crippen molar-refractivity contribution in [3.8, 4) is 11.5 Å². The van der Waals surface area contributed by atoms with Gasteiger partial charge in [0.15, 0.2) is 5.75 Å². The van der Waals surface area contributed by atoms with Crippen LogP contribution in [0.25, 0.3) is 0 Å². The molecule has 0 heterocycles. The summed E-state index contributed by atoms with van der Waals surface area (Å²) in [6, 6.07) is 5.43. The van der Waals surface area contributed by atoms with Crippen molar-refractivity contribution in [2.45, 2.75) is 30.0 Å². The van der Waals surface area contributed by atoms with Crippen molar-refractivity contribution in [1.29, 1.82) is 0 Å². The lowest BCUT2D eigenvalue weighted by atomic mass is 10.1. The van der Waals surface area contributed by atoms with Crippen molar-refractivity contribution < 1.29 is 50.6 Å². The number of guanidine groups is 1. The molecule has 0 bridgehead atoms. The third-order valence-electron chi connectivity index (χ3n) is 4.47. The highest BCUT2D eigenvalue weighted by molar-refractivity contribution is 7.89. The number of halogens is 5. The molecule has 2 aromatic carbocycles. The molecule has 0 fully saturated rings. The van der Waals surface area contributed by atoms with Crippen molar-refractivity contribution >= 4 is 51.1 Å². The Morgan fingerprint density at radius 2 is 1.74 bits per heavy atom. The molecule has 0 saturated carbocycles. The highest BCUT2D eigenvalue weighted by Crippen LogP contribution is 2.34. The van der Waals surface area contributed by atoms with Crippen LogP contribution in [0.1, 0.15) is 12.0 Å². The average Bonchev–Trinajstić information content (AvgIpc) is 2.83. The van der Waals surface area contributed by atoms with E-state index < -0.39 is 56.3 Å². The summed E-state index contributed by atoms with van der Waals surface area (Å²) in [7, 11) is -4.83. The highest BCUT2D eigenvalue weighted by atomic mass is 35.5. The zero-order valence-electron chi connectivity index (χ0n) is 19.6. The molecule has 1 atom stereocenters. The number of aromatic hydroxyl groups is 1. The lowest BCUT2D eigenvalue weighted by molar-refractivity contribution is -0.202. The Kier molecular flexibility index (Phi) is 11.0. The molecule has 18 heteroatoms. The number of hydrogen-bond acceptors (Lipinski definition) is 9. The first-order chi connectivity index (χ1) is 18.1. The molecule has 0 amide bonds. The number of oxime groups is 1. The monoisotopic (exact) mass is 616 g/mol. The molecule has 6 N–H and O–H groups in total. The number of rotatable bonds is 12. The zero-order valence-corrected chi connectivity index (χ0v) is 21.9. The predicted molar refractivity (Wildman–Crippen MR) is 131 cm³/mol. The van der Waals surface area contributed by atoms with Crippen LogP contribution < -0.4 is 20.9 Å². The van der Waals surface area contributed by atoms with E-state index in [1.54, 1.807) is 0 Å². The Hall–Kier alpha value is -3.47. The Morgan fingerprint density at radius 1 is 1.10 bits per heavy atom. The molecule has 214 valence electrons. The molecular formula is C21H21Cl2F3N4O8S. The number of ether oxygens (including phenoxy) is 2. The summed E-state index contributed by atoms with van der Waals surface area (Å²) >= 11 is 11.5. The fourth-order valence-corrected chi connectivity index (χ4v) is 4.72. The number of hydrogen-bond donors (Lipinski definition) is 4.